The van der Waals surface area contributed by atoms with Crippen LogP contribution in [0.3, 0.4) is 0 Å². The molecule has 0 amide bonds. The van der Waals surface area contributed by atoms with E-state index in [4.69, 9.17) is 10.00 Å². The SMILES string of the molecule is COc1cccc(C#Cc2ccc([C@@H]3[C@H](C#N)N[C@@H]3CO)cc2)c1. The topological polar surface area (TPSA) is 65.3 Å². The molecule has 4 nitrogen and oxygen atoms in total. The van der Waals surface area contributed by atoms with Crippen molar-refractivity contribution in [2.75, 3.05) is 13.7 Å². The van der Waals surface area contributed by atoms with Crippen molar-refractivity contribution in [3.8, 4) is 23.7 Å². The summed E-state index contributed by atoms with van der Waals surface area (Å²) in [6, 6.07) is 17.4. The van der Waals surface area contributed by atoms with Gasteiger partial charge in [0.25, 0.3) is 0 Å². The molecule has 2 aromatic rings. The van der Waals surface area contributed by atoms with Gasteiger partial charge in [-0.25, -0.2) is 0 Å². The smallest absolute Gasteiger partial charge is 0.120 e. The van der Waals surface area contributed by atoms with Crippen molar-refractivity contribution in [1.29, 1.82) is 5.26 Å². The van der Waals surface area contributed by atoms with Gasteiger partial charge in [0.2, 0.25) is 0 Å². The van der Waals surface area contributed by atoms with Gasteiger partial charge in [0, 0.05) is 23.1 Å². The molecule has 0 spiro atoms. The van der Waals surface area contributed by atoms with E-state index in [1.807, 2.05) is 48.5 Å². The summed E-state index contributed by atoms with van der Waals surface area (Å²) in [5, 5.41) is 21.5. The van der Waals surface area contributed by atoms with Crippen molar-refractivity contribution in [1.82, 2.24) is 5.32 Å². The Labute approximate surface area is 141 Å². The van der Waals surface area contributed by atoms with Gasteiger partial charge >= 0.3 is 0 Å². The molecule has 24 heavy (non-hydrogen) atoms. The molecule has 1 fully saturated rings. The van der Waals surface area contributed by atoms with Crippen LogP contribution >= 0.6 is 0 Å². The number of benzene rings is 2. The van der Waals surface area contributed by atoms with Gasteiger partial charge < -0.3 is 9.84 Å². The lowest BCUT2D eigenvalue weighted by molar-refractivity contribution is 0.151. The van der Waals surface area contributed by atoms with E-state index in [0.29, 0.717) is 0 Å². The summed E-state index contributed by atoms with van der Waals surface area (Å²) in [6.45, 7) is 0.0280. The number of ether oxygens (including phenoxy) is 1. The number of nitrogens with zero attached hydrogens (tertiary/aromatic N) is 1. The molecular formula is C20H18N2O2. The van der Waals surface area contributed by atoms with Crippen LogP contribution < -0.4 is 10.1 Å². The third-order valence-electron chi connectivity index (χ3n) is 4.24. The molecule has 0 aromatic heterocycles. The number of nitriles is 1. The van der Waals surface area contributed by atoms with Crippen molar-refractivity contribution >= 4 is 0 Å². The highest BCUT2D eigenvalue weighted by Gasteiger charge is 2.40. The monoisotopic (exact) mass is 318 g/mol. The number of hydrogen-bond acceptors (Lipinski definition) is 4. The van der Waals surface area contributed by atoms with Crippen molar-refractivity contribution in [2.24, 2.45) is 0 Å². The Hall–Kier alpha value is -2.79. The predicted octanol–water partition coefficient (Wildman–Crippen LogP) is 2.03. The summed E-state index contributed by atoms with van der Waals surface area (Å²) < 4.78 is 5.19. The summed E-state index contributed by atoms with van der Waals surface area (Å²) in [5.41, 5.74) is 2.85. The fourth-order valence-corrected chi connectivity index (χ4v) is 2.89. The Morgan fingerprint density at radius 1 is 1.12 bits per heavy atom. The summed E-state index contributed by atoms with van der Waals surface area (Å²) in [5.74, 6) is 7.06. The number of nitrogens with one attached hydrogen (secondary N) is 1. The largest absolute Gasteiger partial charge is 0.497 e. The molecule has 1 aliphatic rings. The molecule has 1 aliphatic heterocycles. The minimum Gasteiger partial charge on any atom is -0.497 e. The van der Waals surface area contributed by atoms with Crippen LogP contribution in [0.25, 0.3) is 0 Å². The van der Waals surface area contributed by atoms with Gasteiger partial charge in [-0.3, -0.25) is 5.32 Å². The van der Waals surface area contributed by atoms with Gasteiger partial charge in [0.05, 0.1) is 19.8 Å². The average molecular weight is 318 g/mol. The van der Waals surface area contributed by atoms with Crippen molar-refractivity contribution < 1.29 is 9.84 Å². The molecule has 0 saturated carbocycles. The zero-order chi connectivity index (χ0) is 16.9. The Morgan fingerprint density at radius 3 is 2.54 bits per heavy atom. The van der Waals surface area contributed by atoms with Crippen molar-refractivity contribution in [3.05, 3.63) is 65.2 Å². The van der Waals surface area contributed by atoms with Crippen LogP contribution in [0.2, 0.25) is 0 Å². The number of hydrogen-bond donors (Lipinski definition) is 2. The summed E-state index contributed by atoms with van der Waals surface area (Å²) >= 11 is 0. The maximum absolute atomic E-state index is 9.33. The van der Waals surface area contributed by atoms with E-state index in [2.05, 4.69) is 23.2 Å². The molecule has 3 rings (SSSR count). The lowest BCUT2D eigenvalue weighted by atomic mass is 9.78. The zero-order valence-corrected chi connectivity index (χ0v) is 13.4. The zero-order valence-electron chi connectivity index (χ0n) is 13.4. The fraction of sp³-hybridized carbons (Fsp3) is 0.250. The number of rotatable bonds is 3. The third kappa shape index (κ3) is 3.26. The first-order chi connectivity index (χ1) is 11.7. The van der Waals surface area contributed by atoms with E-state index >= 15 is 0 Å². The van der Waals surface area contributed by atoms with E-state index in [9.17, 15) is 5.11 Å². The highest BCUT2D eigenvalue weighted by atomic mass is 16.5. The second-order valence-corrected chi connectivity index (χ2v) is 5.69. The van der Waals surface area contributed by atoms with Crippen LogP contribution in [0.5, 0.6) is 5.75 Å². The molecule has 2 N–H and O–H groups in total. The Bertz CT molecular complexity index is 812. The van der Waals surface area contributed by atoms with Gasteiger partial charge in [-0.15, -0.1) is 0 Å². The second-order valence-electron chi connectivity index (χ2n) is 5.69. The number of methoxy groups -OCH3 is 1. The fourth-order valence-electron chi connectivity index (χ4n) is 2.89. The summed E-state index contributed by atoms with van der Waals surface area (Å²) in [7, 11) is 1.63. The summed E-state index contributed by atoms with van der Waals surface area (Å²) in [4.78, 5) is 0. The standard InChI is InChI=1S/C20H18N2O2/c1-24-17-4-2-3-15(11-17)6-5-14-7-9-16(10-8-14)20-18(12-21)22-19(20)13-23/h2-4,7-11,18-20,22-23H,13H2,1H3/t18-,19+,20+/m0/s1. The molecule has 0 aliphatic carbocycles. The van der Waals surface area contributed by atoms with E-state index in [1.165, 1.54) is 0 Å². The van der Waals surface area contributed by atoms with E-state index in [0.717, 1.165) is 22.4 Å². The molecule has 4 heteroatoms. The first-order valence-electron chi connectivity index (χ1n) is 7.77. The van der Waals surface area contributed by atoms with Gasteiger partial charge in [0.1, 0.15) is 11.8 Å². The molecule has 2 aromatic carbocycles. The molecule has 0 radical (unpaired) electrons. The maximum atomic E-state index is 9.33. The van der Waals surface area contributed by atoms with Gasteiger partial charge in [-0.1, -0.05) is 30.0 Å². The highest BCUT2D eigenvalue weighted by Crippen LogP contribution is 2.31. The Kier molecular flexibility index (Phi) is 4.82. The third-order valence-corrected chi connectivity index (χ3v) is 4.24. The molecule has 0 bridgehead atoms. The number of aliphatic hydroxyl groups is 1. The van der Waals surface area contributed by atoms with Crippen LogP contribution in [-0.4, -0.2) is 30.9 Å². The molecule has 120 valence electrons. The molecule has 1 heterocycles. The van der Waals surface area contributed by atoms with Crippen LogP contribution in [0.1, 0.15) is 22.6 Å². The van der Waals surface area contributed by atoms with E-state index in [-0.39, 0.29) is 24.6 Å². The van der Waals surface area contributed by atoms with Gasteiger partial charge in [0.15, 0.2) is 0 Å². The normalized spacial score (nSPS) is 21.8. The minimum absolute atomic E-state index is 0.0280. The van der Waals surface area contributed by atoms with Crippen LogP contribution in [0.4, 0.5) is 0 Å². The summed E-state index contributed by atoms with van der Waals surface area (Å²) in [6.07, 6.45) is 0. The van der Waals surface area contributed by atoms with Crippen LogP contribution in [0.15, 0.2) is 48.5 Å². The second kappa shape index (κ2) is 7.19. The van der Waals surface area contributed by atoms with Crippen LogP contribution in [-0.2, 0) is 0 Å². The maximum Gasteiger partial charge on any atom is 0.120 e. The first-order valence-corrected chi connectivity index (χ1v) is 7.77. The lowest BCUT2D eigenvalue weighted by Gasteiger charge is -2.41. The van der Waals surface area contributed by atoms with Gasteiger partial charge in [-0.05, 0) is 35.9 Å². The molecular weight excluding hydrogens is 300 g/mol. The first kappa shape index (κ1) is 16.1. The van der Waals surface area contributed by atoms with E-state index < -0.39 is 0 Å². The molecule has 1 saturated heterocycles. The Morgan fingerprint density at radius 2 is 1.88 bits per heavy atom. The molecule has 0 unspecified atom stereocenters. The predicted molar refractivity (Wildman–Crippen MR) is 91.6 cm³/mol. The minimum atomic E-state index is -0.240. The van der Waals surface area contributed by atoms with Crippen molar-refractivity contribution in [2.45, 2.75) is 18.0 Å². The average Bonchev–Trinajstić information content (AvgIpc) is 2.61. The van der Waals surface area contributed by atoms with Crippen molar-refractivity contribution in [3.63, 3.8) is 0 Å². The lowest BCUT2D eigenvalue weighted by Crippen LogP contribution is -2.60. The van der Waals surface area contributed by atoms with Crippen LogP contribution in [0, 0.1) is 23.2 Å². The number of aliphatic hydroxyl groups excluding tert-OH is 1. The highest BCUT2D eigenvalue weighted by molar-refractivity contribution is 5.46. The molecule has 3 atom stereocenters. The Balaban J connectivity index is 1.76. The quantitative estimate of drug-likeness (QED) is 0.850. The van der Waals surface area contributed by atoms with E-state index in [1.54, 1.807) is 7.11 Å². The van der Waals surface area contributed by atoms with Gasteiger partial charge in [-0.2, -0.15) is 5.26 Å².